The summed E-state index contributed by atoms with van der Waals surface area (Å²) >= 11 is 0. The molecule has 0 aliphatic heterocycles. The monoisotopic (exact) mass is 249 g/mol. The molecule has 0 aliphatic rings. The topological polar surface area (TPSA) is 79.9 Å². The first-order valence-corrected chi connectivity index (χ1v) is 5.63. The number of benzene rings is 1. The number of rotatable bonds is 6. The standard InChI is InChI=1S/C13H19N3O2/c1-4-9(2)15-8-10-5-6-11(13(14)16-17)12(7-10)18-3/h4-7,9,15,17H,1,8H2,2-3H3,(H2,14,16). The molecule has 0 radical (unpaired) electrons. The van der Waals surface area contributed by atoms with Crippen LogP contribution in [0.2, 0.25) is 0 Å². The fourth-order valence-electron chi connectivity index (χ4n) is 1.47. The summed E-state index contributed by atoms with van der Waals surface area (Å²) in [5.41, 5.74) is 7.18. The smallest absolute Gasteiger partial charge is 0.173 e. The molecular weight excluding hydrogens is 230 g/mol. The molecule has 1 aromatic rings. The van der Waals surface area contributed by atoms with Gasteiger partial charge in [0.15, 0.2) is 5.84 Å². The van der Waals surface area contributed by atoms with E-state index in [4.69, 9.17) is 15.7 Å². The van der Waals surface area contributed by atoms with Crippen LogP contribution in [0.4, 0.5) is 0 Å². The summed E-state index contributed by atoms with van der Waals surface area (Å²) in [6.45, 7) is 6.43. The summed E-state index contributed by atoms with van der Waals surface area (Å²) < 4.78 is 5.22. The van der Waals surface area contributed by atoms with E-state index >= 15 is 0 Å². The van der Waals surface area contributed by atoms with Gasteiger partial charge in [0.05, 0.1) is 12.7 Å². The summed E-state index contributed by atoms with van der Waals surface area (Å²) in [5, 5.41) is 14.9. The van der Waals surface area contributed by atoms with Crippen molar-refractivity contribution in [3.63, 3.8) is 0 Å². The Bertz CT molecular complexity index is 444. The largest absolute Gasteiger partial charge is 0.496 e. The highest BCUT2D eigenvalue weighted by Gasteiger charge is 2.08. The normalized spacial score (nSPS) is 13.1. The SMILES string of the molecule is C=CC(C)NCc1ccc(/C(N)=N/O)c(OC)c1. The van der Waals surface area contributed by atoms with Gasteiger partial charge in [0.1, 0.15) is 5.75 Å². The Morgan fingerprint density at radius 1 is 1.67 bits per heavy atom. The second kappa shape index (κ2) is 6.66. The zero-order chi connectivity index (χ0) is 13.5. The molecule has 0 aromatic heterocycles. The molecule has 4 N–H and O–H groups in total. The van der Waals surface area contributed by atoms with Gasteiger partial charge in [-0.1, -0.05) is 17.3 Å². The molecule has 18 heavy (non-hydrogen) atoms. The number of methoxy groups -OCH3 is 1. The molecule has 0 amide bonds. The van der Waals surface area contributed by atoms with Crippen molar-refractivity contribution in [1.82, 2.24) is 5.32 Å². The summed E-state index contributed by atoms with van der Waals surface area (Å²) in [4.78, 5) is 0. The molecular formula is C13H19N3O2. The molecule has 0 saturated heterocycles. The highest BCUT2D eigenvalue weighted by molar-refractivity contribution is 5.99. The summed E-state index contributed by atoms with van der Waals surface area (Å²) in [7, 11) is 1.55. The highest BCUT2D eigenvalue weighted by Crippen LogP contribution is 2.20. The lowest BCUT2D eigenvalue weighted by Gasteiger charge is -2.12. The first-order valence-electron chi connectivity index (χ1n) is 5.63. The molecule has 0 heterocycles. The van der Waals surface area contributed by atoms with E-state index in [-0.39, 0.29) is 11.9 Å². The molecule has 1 atom stereocenters. The van der Waals surface area contributed by atoms with Gasteiger partial charge in [-0.25, -0.2) is 0 Å². The van der Waals surface area contributed by atoms with Crippen molar-refractivity contribution in [2.24, 2.45) is 10.9 Å². The van der Waals surface area contributed by atoms with Gasteiger partial charge >= 0.3 is 0 Å². The number of ether oxygens (including phenoxy) is 1. The maximum atomic E-state index is 8.67. The predicted octanol–water partition coefficient (Wildman–Crippen LogP) is 1.45. The lowest BCUT2D eigenvalue weighted by Crippen LogP contribution is -2.23. The highest BCUT2D eigenvalue weighted by atomic mass is 16.5. The van der Waals surface area contributed by atoms with Crippen molar-refractivity contribution in [1.29, 1.82) is 0 Å². The van der Waals surface area contributed by atoms with Crippen LogP contribution in [0.1, 0.15) is 18.1 Å². The van der Waals surface area contributed by atoms with Crippen molar-refractivity contribution in [3.8, 4) is 5.75 Å². The van der Waals surface area contributed by atoms with Crippen LogP contribution in [0.3, 0.4) is 0 Å². The molecule has 0 bridgehead atoms. The number of oxime groups is 1. The van der Waals surface area contributed by atoms with E-state index in [1.54, 1.807) is 13.2 Å². The third kappa shape index (κ3) is 3.49. The molecule has 5 nitrogen and oxygen atoms in total. The first-order chi connectivity index (χ1) is 8.62. The lowest BCUT2D eigenvalue weighted by molar-refractivity contribution is 0.318. The van der Waals surface area contributed by atoms with Gasteiger partial charge < -0.3 is 21.0 Å². The Hall–Kier alpha value is -2.01. The zero-order valence-corrected chi connectivity index (χ0v) is 10.7. The van der Waals surface area contributed by atoms with Crippen molar-refractivity contribution in [3.05, 3.63) is 42.0 Å². The molecule has 0 spiro atoms. The van der Waals surface area contributed by atoms with Gasteiger partial charge in [0.25, 0.3) is 0 Å². The maximum Gasteiger partial charge on any atom is 0.173 e. The zero-order valence-electron chi connectivity index (χ0n) is 10.7. The average Bonchev–Trinajstić information content (AvgIpc) is 2.43. The third-order valence-corrected chi connectivity index (χ3v) is 2.63. The predicted molar refractivity (Wildman–Crippen MR) is 72.0 cm³/mol. The maximum absolute atomic E-state index is 8.67. The molecule has 0 aliphatic carbocycles. The minimum atomic E-state index is 0.0332. The summed E-state index contributed by atoms with van der Waals surface area (Å²) in [5.74, 6) is 0.613. The number of amidine groups is 1. The second-order valence-electron chi connectivity index (χ2n) is 3.93. The van der Waals surface area contributed by atoms with E-state index in [0.29, 0.717) is 17.9 Å². The fraction of sp³-hybridized carbons (Fsp3) is 0.308. The van der Waals surface area contributed by atoms with Crippen molar-refractivity contribution in [2.45, 2.75) is 19.5 Å². The number of hydrogen-bond donors (Lipinski definition) is 3. The van der Waals surface area contributed by atoms with Crippen LogP contribution in [0.5, 0.6) is 5.75 Å². The Morgan fingerprint density at radius 2 is 2.39 bits per heavy atom. The summed E-state index contributed by atoms with van der Waals surface area (Å²) in [6, 6.07) is 5.76. The van der Waals surface area contributed by atoms with Crippen LogP contribution in [-0.4, -0.2) is 24.2 Å². The first kappa shape index (κ1) is 14.1. The number of hydrogen-bond acceptors (Lipinski definition) is 4. The minimum absolute atomic E-state index is 0.0332. The number of nitrogens with one attached hydrogen (secondary N) is 1. The van der Waals surface area contributed by atoms with Crippen LogP contribution >= 0.6 is 0 Å². The Morgan fingerprint density at radius 3 is 2.94 bits per heavy atom. The van der Waals surface area contributed by atoms with E-state index < -0.39 is 0 Å². The third-order valence-electron chi connectivity index (χ3n) is 2.63. The van der Waals surface area contributed by atoms with Gasteiger partial charge in [-0.15, -0.1) is 6.58 Å². The Balaban J connectivity index is 2.88. The number of nitrogens with two attached hydrogens (primary N) is 1. The van der Waals surface area contributed by atoms with Gasteiger partial charge in [-0.2, -0.15) is 0 Å². The van der Waals surface area contributed by atoms with E-state index in [1.165, 1.54) is 0 Å². The van der Waals surface area contributed by atoms with Crippen LogP contribution in [-0.2, 0) is 6.54 Å². The molecule has 1 rings (SSSR count). The van der Waals surface area contributed by atoms with Crippen molar-refractivity contribution >= 4 is 5.84 Å². The fourth-order valence-corrected chi connectivity index (χ4v) is 1.47. The molecule has 1 aromatic carbocycles. The van der Waals surface area contributed by atoms with Crippen LogP contribution in [0.15, 0.2) is 36.0 Å². The molecule has 98 valence electrons. The van der Waals surface area contributed by atoms with E-state index in [9.17, 15) is 0 Å². The van der Waals surface area contributed by atoms with Gasteiger partial charge in [-0.3, -0.25) is 0 Å². The van der Waals surface area contributed by atoms with Gasteiger partial charge in [0, 0.05) is 12.6 Å². The molecule has 1 unspecified atom stereocenters. The van der Waals surface area contributed by atoms with Crippen LogP contribution in [0, 0.1) is 0 Å². The molecule has 5 heteroatoms. The summed E-state index contributed by atoms with van der Waals surface area (Å²) in [6.07, 6.45) is 1.84. The average molecular weight is 249 g/mol. The molecule has 0 fully saturated rings. The number of nitrogens with zero attached hydrogens (tertiary/aromatic N) is 1. The van der Waals surface area contributed by atoms with Crippen LogP contribution in [0.25, 0.3) is 0 Å². The van der Waals surface area contributed by atoms with Gasteiger partial charge in [0.2, 0.25) is 0 Å². The Labute approximate surface area is 107 Å². The van der Waals surface area contributed by atoms with E-state index in [2.05, 4.69) is 17.1 Å². The van der Waals surface area contributed by atoms with E-state index in [0.717, 1.165) is 5.56 Å². The van der Waals surface area contributed by atoms with Crippen molar-refractivity contribution < 1.29 is 9.94 Å². The Kier molecular flexibility index (Phi) is 5.20. The quantitative estimate of drug-likeness (QED) is 0.234. The minimum Gasteiger partial charge on any atom is -0.496 e. The van der Waals surface area contributed by atoms with E-state index in [1.807, 2.05) is 25.1 Å². The van der Waals surface area contributed by atoms with Gasteiger partial charge in [-0.05, 0) is 24.6 Å². The second-order valence-corrected chi connectivity index (χ2v) is 3.93. The van der Waals surface area contributed by atoms with Crippen LogP contribution < -0.4 is 15.8 Å². The van der Waals surface area contributed by atoms with Crippen molar-refractivity contribution in [2.75, 3.05) is 7.11 Å². The molecule has 0 saturated carbocycles. The lowest BCUT2D eigenvalue weighted by atomic mass is 10.1.